The van der Waals surface area contributed by atoms with Crippen LogP contribution in [-0.4, -0.2) is 11.0 Å². The molecule has 0 aliphatic rings. The molecule has 0 radical (unpaired) electrons. The Morgan fingerprint density at radius 2 is 1.55 bits per heavy atom. The van der Waals surface area contributed by atoms with Crippen molar-refractivity contribution in [2.75, 3.05) is 0 Å². The molecule has 1 heterocycles. The number of ether oxygens (including phenoxy) is 1. The van der Waals surface area contributed by atoms with Gasteiger partial charge in [0.15, 0.2) is 0 Å². The molecule has 0 saturated carbocycles. The number of pyridine rings is 1. The normalized spacial score (nSPS) is 11.9. The molecule has 3 aromatic carbocycles. The second-order valence-electron chi connectivity index (χ2n) is 7.74. The molecule has 0 saturated heterocycles. The van der Waals surface area contributed by atoms with E-state index in [2.05, 4.69) is 31.2 Å². The number of benzene rings is 3. The van der Waals surface area contributed by atoms with E-state index in [1.54, 1.807) is 12.1 Å². The quantitative estimate of drug-likeness (QED) is 0.225. The Labute approximate surface area is 183 Å². The van der Waals surface area contributed by atoms with Gasteiger partial charge in [0.2, 0.25) is 0 Å². The van der Waals surface area contributed by atoms with Gasteiger partial charge >= 0.3 is 5.97 Å². The van der Waals surface area contributed by atoms with E-state index in [0.29, 0.717) is 5.56 Å². The average Bonchev–Trinajstić information content (AvgIpc) is 2.84. The van der Waals surface area contributed by atoms with Crippen LogP contribution in [0.4, 0.5) is 0 Å². The van der Waals surface area contributed by atoms with Gasteiger partial charge in [-0.2, -0.15) is 0 Å². The van der Waals surface area contributed by atoms with Crippen LogP contribution in [0.5, 0.6) is 0 Å². The zero-order valence-corrected chi connectivity index (χ0v) is 17.8. The topological polar surface area (TPSA) is 39.2 Å². The molecule has 0 N–H and O–H groups in total. The molecular weight excluding hydrogens is 382 g/mol. The van der Waals surface area contributed by atoms with Gasteiger partial charge in [-0.1, -0.05) is 86.5 Å². The lowest BCUT2D eigenvalue weighted by Gasteiger charge is -2.21. The highest BCUT2D eigenvalue weighted by Crippen LogP contribution is 2.33. The predicted octanol–water partition coefficient (Wildman–Crippen LogP) is 7.38. The number of rotatable bonds is 8. The summed E-state index contributed by atoms with van der Waals surface area (Å²) < 4.78 is 6.10. The Morgan fingerprint density at radius 1 is 0.871 bits per heavy atom. The number of para-hydroxylation sites is 1. The first-order valence-electron chi connectivity index (χ1n) is 11.0. The van der Waals surface area contributed by atoms with Gasteiger partial charge in [0.25, 0.3) is 0 Å². The Balaban J connectivity index is 1.77. The smallest absolute Gasteiger partial charge is 0.338 e. The minimum atomic E-state index is -0.324. The summed E-state index contributed by atoms with van der Waals surface area (Å²) in [5.74, 6) is -0.288. The van der Waals surface area contributed by atoms with Crippen molar-refractivity contribution in [2.45, 2.75) is 38.7 Å². The maximum absolute atomic E-state index is 12.9. The van der Waals surface area contributed by atoms with E-state index in [1.807, 2.05) is 54.6 Å². The van der Waals surface area contributed by atoms with Crippen molar-refractivity contribution in [1.82, 2.24) is 4.98 Å². The van der Waals surface area contributed by atoms with Crippen LogP contribution in [0.3, 0.4) is 0 Å². The monoisotopic (exact) mass is 409 g/mol. The number of nitrogens with zero attached hydrogens (tertiary/aromatic N) is 1. The fourth-order valence-corrected chi connectivity index (χ4v) is 3.85. The summed E-state index contributed by atoms with van der Waals surface area (Å²) in [5, 5.41) is 1.03. The van der Waals surface area contributed by atoms with Gasteiger partial charge in [0.05, 0.1) is 16.8 Å². The molecule has 1 aromatic heterocycles. The molecule has 0 amide bonds. The van der Waals surface area contributed by atoms with E-state index < -0.39 is 0 Å². The first-order valence-corrected chi connectivity index (χ1v) is 11.0. The van der Waals surface area contributed by atoms with Crippen LogP contribution in [0.25, 0.3) is 22.2 Å². The summed E-state index contributed by atoms with van der Waals surface area (Å²) >= 11 is 0. The van der Waals surface area contributed by atoms with Crippen molar-refractivity contribution in [2.24, 2.45) is 0 Å². The van der Waals surface area contributed by atoms with E-state index in [9.17, 15) is 4.79 Å². The number of carbonyl (C=O) groups is 1. The molecule has 3 heteroatoms. The molecule has 3 nitrogen and oxygen atoms in total. The minimum absolute atomic E-state index is 0.288. The van der Waals surface area contributed by atoms with Gasteiger partial charge in [-0.15, -0.1) is 0 Å². The summed E-state index contributed by atoms with van der Waals surface area (Å²) in [4.78, 5) is 17.8. The average molecular weight is 410 g/mol. The van der Waals surface area contributed by atoms with Crippen LogP contribution in [0.1, 0.15) is 54.6 Å². The molecule has 0 fully saturated rings. The van der Waals surface area contributed by atoms with Crippen molar-refractivity contribution < 1.29 is 9.53 Å². The van der Waals surface area contributed by atoms with Crippen LogP contribution >= 0.6 is 0 Å². The van der Waals surface area contributed by atoms with E-state index in [4.69, 9.17) is 9.72 Å². The summed E-state index contributed by atoms with van der Waals surface area (Å²) in [5.41, 5.74) is 4.45. The lowest BCUT2D eigenvalue weighted by Crippen LogP contribution is -2.13. The molecule has 1 atom stereocenters. The van der Waals surface area contributed by atoms with Crippen molar-refractivity contribution in [3.05, 3.63) is 102 Å². The molecule has 0 bridgehead atoms. The van der Waals surface area contributed by atoms with Gasteiger partial charge in [-0.25, -0.2) is 9.78 Å². The molecule has 0 aliphatic carbocycles. The maximum atomic E-state index is 12.9. The SMILES string of the molecule is CCCCCC(OC(=O)c1ccccc1)c1cc(-c2ccccc2)nc2ccccc12. The largest absolute Gasteiger partial charge is 0.454 e. The molecule has 4 aromatic rings. The Kier molecular flexibility index (Phi) is 6.73. The van der Waals surface area contributed by atoms with E-state index in [1.165, 1.54) is 0 Å². The summed E-state index contributed by atoms with van der Waals surface area (Å²) in [6, 6.07) is 29.5. The van der Waals surface area contributed by atoms with Crippen LogP contribution in [0.15, 0.2) is 91.0 Å². The third-order valence-corrected chi connectivity index (χ3v) is 5.49. The van der Waals surface area contributed by atoms with E-state index in [-0.39, 0.29) is 12.1 Å². The van der Waals surface area contributed by atoms with E-state index in [0.717, 1.165) is 53.4 Å². The maximum Gasteiger partial charge on any atom is 0.338 e. The zero-order valence-electron chi connectivity index (χ0n) is 17.8. The lowest BCUT2D eigenvalue weighted by atomic mass is 9.96. The number of aromatic nitrogens is 1. The van der Waals surface area contributed by atoms with Gasteiger partial charge < -0.3 is 4.74 Å². The molecular formula is C28H27NO2. The number of hydrogen-bond acceptors (Lipinski definition) is 3. The first kappa shape index (κ1) is 20.8. The van der Waals surface area contributed by atoms with Crippen LogP contribution in [-0.2, 0) is 4.74 Å². The number of hydrogen-bond donors (Lipinski definition) is 0. The third kappa shape index (κ3) is 5.00. The second kappa shape index (κ2) is 10.0. The number of carbonyl (C=O) groups excluding carboxylic acids is 1. The Hall–Kier alpha value is -3.46. The van der Waals surface area contributed by atoms with Gasteiger partial charge in [0, 0.05) is 16.5 Å². The number of unbranched alkanes of at least 4 members (excludes halogenated alkanes) is 2. The lowest BCUT2D eigenvalue weighted by molar-refractivity contribution is 0.0274. The predicted molar refractivity (Wildman–Crippen MR) is 126 cm³/mol. The highest BCUT2D eigenvalue weighted by molar-refractivity contribution is 5.90. The summed E-state index contributed by atoms with van der Waals surface area (Å²) in [7, 11) is 0. The van der Waals surface area contributed by atoms with Crippen molar-refractivity contribution in [1.29, 1.82) is 0 Å². The Morgan fingerprint density at radius 3 is 2.29 bits per heavy atom. The highest BCUT2D eigenvalue weighted by Gasteiger charge is 2.21. The van der Waals surface area contributed by atoms with Gasteiger partial charge in [-0.3, -0.25) is 0 Å². The standard InChI is InChI=1S/C28H27NO2/c1-2-3-6-19-27(31-28(30)22-15-9-5-10-16-22)24-20-26(21-13-7-4-8-14-21)29-25-18-12-11-17-23(24)25/h4-5,7-18,20,27H,2-3,6,19H2,1H3. The van der Waals surface area contributed by atoms with Crippen molar-refractivity contribution >= 4 is 16.9 Å². The fourth-order valence-electron chi connectivity index (χ4n) is 3.85. The second-order valence-corrected chi connectivity index (χ2v) is 7.74. The highest BCUT2D eigenvalue weighted by atomic mass is 16.5. The summed E-state index contributed by atoms with van der Waals surface area (Å²) in [6.07, 6.45) is 3.68. The molecule has 0 spiro atoms. The molecule has 156 valence electrons. The minimum Gasteiger partial charge on any atom is -0.454 e. The van der Waals surface area contributed by atoms with Gasteiger partial charge in [0.1, 0.15) is 6.10 Å². The number of esters is 1. The van der Waals surface area contributed by atoms with Crippen molar-refractivity contribution in [3.63, 3.8) is 0 Å². The Bertz CT molecular complexity index is 1140. The molecule has 0 aliphatic heterocycles. The van der Waals surface area contributed by atoms with Crippen LogP contribution in [0, 0.1) is 0 Å². The van der Waals surface area contributed by atoms with Gasteiger partial charge in [-0.05, 0) is 37.1 Å². The first-order chi connectivity index (χ1) is 15.3. The van der Waals surface area contributed by atoms with Crippen molar-refractivity contribution in [3.8, 4) is 11.3 Å². The molecule has 4 rings (SSSR count). The van der Waals surface area contributed by atoms with E-state index >= 15 is 0 Å². The number of fused-ring (bicyclic) bond motifs is 1. The fraction of sp³-hybridized carbons (Fsp3) is 0.214. The third-order valence-electron chi connectivity index (χ3n) is 5.49. The van der Waals surface area contributed by atoms with Crippen LogP contribution in [0.2, 0.25) is 0 Å². The molecule has 31 heavy (non-hydrogen) atoms. The zero-order chi connectivity index (χ0) is 21.5. The summed E-state index contributed by atoms with van der Waals surface area (Å²) in [6.45, 7) is 2.18. The molecule has 1 unspecified atom stereocenters. The van der Waals surface area contributed by atoms with Crippen LogP contribution < -0.4 is 0 Å².